The van der Waals surface area contributed by atoms with Gasteiger partial charge in [0.1, 0.15) is 5.75 Å². The highest BCUT2D eigenvalue weighted by Crippen LogP contribution is 2.30. The van der Waals surface area contributed by atoms with E-state index in [1.165, 1.54) is 6.07 Å². The summed E-state index contributed by atoms with van der Waals surface area (Å²) in [7, 11) is 0. The molecule has 3 heteroatoms. The quantitative estimate of drug-likeness (QED) is 0.892. The van der Waals surface area contributed by atoms with Crippen LogP contribution in [0, 0.1) is 19.7 Å². The molecule has 2 nitrogen and oxygen atoms in total. The van der Waals surface area contributed by atoms with Gasteiger partial charge in [0, 0.05) is 0 Å². The maximum absolute atomic E-state index is 13.9. The molecule has 0 aromatic heterocycles. The van der Waals surface area contributed by atoms with E-state index in [-0.39, 0.29) is 5.75 Å². The highest BCUT2D eigenvalue weighted by Gasteiger charge is 2.10. The van der Waals surface area contributed by atoms with E-state index in [9.17, 15) is 9.50 Å². The Kier molecular flexibility index (Phi) is 3.86. The molecule has 0 aliphatic heterocycles. The fourth-order valence-corrected chi connectivity index (χ4v) is 1.81. The van der Waals surface area contributed by atoms with E-state index in [0.717, 1.165) is 11.1 Å². The van der Waals surface area contributed by atoms with Crippen molar-refractivity contribution >= 4 is 0 Å². The maximum Gasteiger partial charge on any atom is 0.166 e. The Morgan fingerprint density at radius 3 is 2.47 bits per heavy atom. The summed E-state index contributed by atoms with van der Waals surface area (Å²) >= 11 is 0. The predicted molar refractivity (Wildman–Crippen MR) is 73.0 cm³/mol. The van der Waals surface area contributed by atoms with Crippen LogP contribution in [0.3, 0.4) is 0 Å². The summed E-state index contributed by atoms with van der Waals surface area (Å²) in [6, 6.07) is 10.2. The van der Waals surface area contributed by atoms with Crippen molar-refractivity contribution in [1.82, 2.24) is 0 Å². The van der Waals surface area contributed by atoms with Crippen LogP contribution >= 0.6 is 0 Å². The van der Waals surface area contributed by atoms with Crippen LogP contribution in [-0.4, -0.2) is 5.11 Å². The molecule has 0 saturated carbocycles. The second-order valence-electron chi connectivity index (χ2n) is 4.67. The lowest BCUT2D eigenvalue weighted by atomic mass is 10.1. The molecule has 0 fully saturated rings. The molecule has 0 aliphatic carbocycles. The summed E-state index contributed by atoms with van der Waals surface area (Å²) in [6.07, 6.45) is -0.691. The number of benzene rings is 2. The molecule has 2 aromatic rings. The first-order valence-electron chi connectivity index (χ1n) is 6.20. The van der Waals surface area contributed by atoms with Crippen LogP contribution < -0.4 is 4.74 Å². The Morgan fingerprint density at radius 1 is 1.11 bits per heavy atom. The van der Waals surface area contributed by atoms with Crippen molar-refractivity contribution < 1.29 is 14.2 Å². The lowest BCUT2D eigenvalue weighted by Crippen LogP contribution is -1.96. The predicted octanol–water partition coefficient (Wildman–Crippen LogP) is 4.29. The third-order valence-electron chi connectivity index (χ3n) is 3.21. The zero-order valence-corrected chi connectivity index (χ0v) is 11.3. The SMILES string of the molecule is Cc1cccc(Oc2ccc(C(C)O)cc2F)c1C. The van der Waals surface area contributed by atoms with Gasteiger partial charge < -0.3 is 9.84 Å². The molecule has 0 bridgehead atoms. The first kappa shape index (κ1) is 13.6. The number of rotatable bonds is 3. The molecule has 2 rings (SSSR count). The van der Waals surface area contributed by atoms with Gasteiger partial charge in [-0.05, 0) is 55.7 Å². The molecule has 0 amide bonds. The molecule has 1 N–H and O–H groups in total. The van der Waals surface area contributed by atoms with Gasteiger partial charge in [0.2, 0.25) is 0 Å². The van der Waals surface area contributed by atoms with E-state index in [4.69, 9.17) is 4.74 Å². The van der Waals surface area contributed by atoms with Crippen LogP contribution in [0.5, 0.6) is 11.5 Å². The first-order chi connectivity index (χ1) is 8.99. The molecule has 1 unspecified atom stereocenters. The summed E-state index contributed by atoms with van der Waals surface area (Å²) in [4.78, 5) is 0. The van der Waals surface area contributed by atoms with Crippen molar-refractivity contribution in [3.63, 3.8) is 0 Å². The molecule has 100 valence electrons. The van der Waals surface area contributed by atoms with Crippen LogP contribution in [0.25, 0.3) is 0 Å². The second-order valence-corrected chi connectivity index (χ2v) is 4.67. The smallest absolute Gasteiger partial charge is 0.166 e. The summed E-state index contributed by atoms with van der Waals surface area (Å²) < 4.78 is 19.5. The minimum atomic E-state index is -0.691. The third kappa shape index (κ3) is 2.93. The van der Waals surface area contributed by atoms with Crippen molar-refractivity contribution in [3.05, 3.63) is 58.9 Å². The fourth-order valence-electron chi connectivity index (χ4n) is 1.81. The average Bonchev–Trinajstić information content (AvgIpc) is 2.37. The number of hydrogen-bond donors (Lipinski definition) is 1. The average molecular weight is 260 g/mol. The van der Waals surface area contributed by atoms with Crippen molar-refractivity contribution in [3.8, 4) is 11.5 Å². The van der Waals surface area contributed by atoms with Crippen LogP contribution in [0.15, 0.2) is 36.4 Å². The summed E-state index contributed by atoms with van der Waals surface area (Å²) in [5.74, 6) is 0.334. The van der Waals surface area contributed by atoms with E-state index in [1.54, 1.807) is 19.1 Å². The number of aliphatic hydroxyl groups excluding tert-OH is 1. The zero-order chi connectivity index (χ0) is 14.0. The molecule has 2 aromatic carbocycles. The molecule has 0 saturated heterocycles. The van der Waals surface area contributed by atoms with Gasteiger partial charge in [-0.2, -0.15) is 0 Å². The van der Waals surface area contributed by atoms with E-state index in [2.05, 4.69) is 0 Å². The molecule has 0 spiro atoms. The highest BCUT2D eigenvalue weighted by molar-refractivity contribution is 5.42. The first-order valence-corrected chi connectivity index (χ1v) is 6.20. The number of halogens is 1. The van der Waals surface area contributed by atoms with Crippen molar-refractivity contribution in [2.45, 2.75) is 26.9 Å². The molecule has 19 heavy (non-hydrogen) atoms. The van der Waals surface area contributed by atoms with Crippen molar-refractivity contribution in [1.29, 1.82) is 0 Å². The Labute approximate surface area is 112 Å². The van der Waals surface area contributed by atoms with E-state index < -0.39 is 11.9 Å². The van der Waals surface area contributed by atoms with Gasteiger partial charge in [-0.1, -0.05) is 18.2 Å². The maximum atomic E-state index is 13.9. The van der Waals surface area contributed by atoms with Crippen LogP contribution in [0.2, 0.25) is 0 Å². The number of aliphatic hydroxyl groups is 1. The Balaban J connectivity index is 2.31. The summed E-state index contributed by atoms with van der Waals surface area (Å²) in [5, 5.41) is 9.40. The summed E-state index contributed by atoms with van der Waals surface area (Å²) in [6.45, 7) is 5.52. The Morgan fingerprint density at radius 2 is 1.84 bits per heavy atom. The highest BCUT2D eigenvalue weighted by atomic mass is 19.1. The Bertz CT molecular complexity index is 591. The van der Waals surface area contributed by atoms with Gasteiger partial charge in [0.15, 0.2) is 11.6 Å². The fraction of sp³-hybridized carbons (Fsp3) is 0.250. The standard InChI is InChI=1S/C16H17FO2/c1-10-5-4-6-15(11(10)2)19-16-8-7-13(12(3)18)9-14(16)17/h4-9,12,18H,1-3H3. The van der Waals surface area contributed by atoms with E-state index >= 15 is 0 Å². The minimum Gasteiger partial charge on any atom is -0.454 e. The van der Waals surface area contributed by atoms with E-state index in [1.807, 2.05) is 32.0 Å². The van der Waals surface area contributed by atoms with Crippen LogP contribution in [-0.2, 0) is 0 Å². The van der Waals surface area contributed by atoms with Gasteiger partial charge in [0.25, 0.3) is 0 Å². The van der Waals surface area contributed by atoms with Gasteiger partial charge in [-0.15, -0.1) is 0 Å². The molecule has 1 atom stereocenters. The van der Waals surface area contributed by atoms with Crippen LogP contribution in [0.1, 0.15) is 29.7 Å². The zero-order valence-electron chi connectivity index (χ0n) is 11.3. The number of aryl methyl sites for hydroxylation is 1. The van der Waals surface area contributed by atoms with Gasteiger partial charge in [0.05, 0.1) is 6.10 Å². The molecule has 0 radical (unpaired) electrons. The monoisotopic (exact) mass is 260 g/mol. The van der Waals surface area contributed by atoms with Crippen molar-refractivity contribution in [2.75, 3.05) is 0 Å². The second kappa shape index (κ2) is 5.41. The lowest BCUT2D eigenvalue weighted by Gasteiger charge is -2.12. The van der Waals surface area contributed by atoms with E-state index in [0.29, 0.717) is 11.3 Å². The van der Waals surface area contributed by atoms with Gasteiger partial charge >= 0.3 is 0 Å². The minimum absolute atomic E-state index is 0.165. The Hall–Kier alpha value is -1.87. The molecule has 0 heterocycles. The van der Waals surface area contributed by atoms with Gasteiger partial charge in [-0.25, -0.2) is 4.39 Å². The normalized spacial score (nSPS) is 12.3. The number of ether oxygens (including phenoxy) is 1. The topological polar surface area (TPSA) is 29.5 Å². The van der Waals surface area contributed by atoms with Crippen LogP contribution in [0.4, 0.5) is 4.39 Å². The number of hydrogen-bond acceptors (Lipinski definition) is 2. The van der Waals surface area contributed by atoms with Crippen molar-refractivity contribution in [2.24, 2.45) is 0 Å². The summed E-state index contributed by atoms with van der Waals surface area (Å²) in [5.41, 5.74) is 2.62. The largest absolute Gasteiger partial charge is 0.454 e. The molecular weight excluding hydrogens is 243 g/mol. The molecule has 0 aliphatic rings. The third-order valence-corrected chi connectivity index (χ3v) is 3.21. The lowest BCUT2D eigenvalue weighted by molar-refractivity contribution is 0.198. The van der Waals surface area contributed by atoms with Gasteiger partial charge in [-0.3, -0.25) is 0 Å². The molecular formula is C16H17FO2.